The van der Waals surface area contributed by atoms with Gasteiger partial charge in [-0.25, -0.2) is 0 Å². The molecule has 134 valence electrons. The molecule has 0 heterocycles. The quantitative estimate of drug-likeness (QED) is 0.775. The van der Waals surface area contributed by atoms with E-state index in [0.29, 0.717) is 18.0 Å². The number of hydrogen-bond acceptors (Lipinski definition) is 2. The smallest absolute Gasteiger partial charge is 0.338 e. The first-order chi connectivity index (χ1) is 11.2. The molecule has 1 atom stereocenters. The monoisotopic (exact) mass is 346 g/mol. The van der Waals surface area contributed by atoms with E-state index in [1.807, 2.05) is 13.8 Å². The maximum atomic E-state index is 12.6. The molecule has 0 radical (unpaired) electrons. The maximum Gasteiger partial charge on any atom is 0.416 e. The van der Waals surface area contributed by atoms with E-state index >= 15 is 0 Å². The van der Waals surface area contributed by atoms with Gasteiger partial charge in [-0.15, -0.1) is 0 Å². The van der Waals surface area contributed by atoms with Crippen molar-refractivity contribution in [3.05, 3.63) is 29.8 Å². The van der Waals surface area contributed by atoms with Crippen molar-refractivity contribution in [2.45, 2.75) is 20.0 Å². The minimum Gasteiger partial charge on any atom is -0.338 e. The van der Waals surface area contributed by atoms with Crippen molar-refractivity contribution in [2.75, 3.05) is 38.5 Å². The average molecular weight is 346 g/mol. The largest absolute Gasteiger partial charge is 0.416 e. The van der Waals surface area contributed by atoms with Crippen molar-refractivity contribution < 1.29 is 27.7 Å². The molecule has 0 aliphatic carbocycles. The summed E-state index contributed by atoms with van der Waals surface area (Å²) in [5.74, 6) is -0.511. The predicted octanol–water partition coefficient (Wildman–Crippen LogP) is 1.03. The maximum absolute atomic E-state index is 12.6. The molecular weight excluding hydrogens is 323 g/mol. The first-order valence-electron chi connectivity index (χ1n) is 7.73. The third-order valence-electron chi connectivity index (χ3n) is 3.51. The lowest BCUT2D eigenvalue weighted by molar-refractivity contribution is -0.862. The van der Waals surface area contributed by atoms with Crippen LogP contribution in [0.1, 0.15) is 19.4 Å². The number of nitrogens with zero attached hydrogens (tertiary/aromatic N) is 1. The van der Waals surface area contributed by atoms with Gasteiger partial charge >= 0.3 is 6.18 Å². The van der Waals surface area contributed by atoms with Crippen LogP contribution in [0.3, 0.4) is 0 Å². The number of alkyl halides is 3. The summed E-state index contributed by atoms with van der Waals surface area (Å²) in [6.45, 7) is 5.08. The van der Waals surface area contributed by atoms with E-state index in [2.05, 4.69) is 5.32 Å². The Morgan fingerprint density at radius 2 is 1.79 bits per heavy atom. The molecule has 2 N–H and O–H groups in total. The van der Waals surface area contributed by atoms with E-state index in [9.17, 15) is 22.8 Å². The van der Waals surface area contributed by atoms with Crippen LogP contribution in [0.5, 0.6) is 0 Å². The van der Waals surface area contributed by atoms with Crippen LogP contribution in [0.15, 0.2) is 24.3 Å². The van der Waals surface area contributed by atoms with Crippen LogP contribution in [0.25, 0.3) is 0 Å². The first-order valence-corrected chi connectivity index (χ1v) is 7.73. The zero-order valence-electron chi connectivity index (χ0n) is 14.0. The van der Waals surface area contributed by atoms with Gasteiger partial charge in [0.05, 0.1) is 12.6 Å². The summed E-state index contributed by atoms with van der Waals surface area (Å²) in [4.78, 5) is 26.2. The first kappa shape index (κ1) is 20.0. The Kier molecular flexibility index (Phi) is 7.21. The van der Waals surface area contributed by atoms with Crippen molar-refractivity contribution in [3.63, 3.8) is 0 Å². The fraction of sp³-hybridized carbons (Fsp3) is 0.500. The van der Waals surface area contributed by atoms with Gasteiger partial charge in [0.15, 0.2) is 13.1 Å². The van der Waals surface area contributed by atoms with Crippen molar-refractivity contribution in [1.29, 1.82) is 0 Å². The Hall–Kier alpha value is -2.09. The molecule has 0 bridgehead atoms. The molecule has 8 heteroatoms. The number of carbonyl (C=O) groups excluding carboxylic acids is 2. The minimum absolute atomic E-state index is 0.0107. The van der Waals surface area contributed by atoms with Crippen molar-refractivity contribution in [1.82, 2.24) is 4.90 Å². The van der Waals surface area contributed by atoms with Gasteiger partial charge in [0, 0.05) is 18.8 Å². The third kappa shape index (κ3) is 6.19. The van der Waals surface area contributed by atoms with Crippen molar-refractivity contribution in [3.8, 4) is 0 Å². The van der Waals surface area contributed by atoms with Gasteiger partial charge in [-0.1, -0.05) is 6.07 Å². The van der Waals surface area contributed by atoms with E-state index in [1.165, 1.54) is 12.1 Å². The topological polar surface area (TPSA) is 53.9 Å². The van der Waals surface area contributed by atoms with Crippen LogP contribution < -0.4 is 10.2 Å². The summed E-state index contributed by atoms with van der Waals surface area (Å²) in [5.41, 5.74) is -0.740. The number of quaternary nitrogens is 1. The lowest BCUT2D eigenvalue weighted by Gasteiger charge is -2.21. The molecule has 1 rings (SSSR count). The van der Waals surface area contributed by atoms with E-state index in [0.717, 1.165) is 12.1 Å². The lowest BCUT2D eigenvalue weighted by atomic mass is 10.2. The molecule has 0 aliphatic rings. The van der Waals surface area contributed by atoms with E-state index in [1.54, 1.807) is 11.9 Å². The normalized spacial score (nSPS) is 12.6. The van der Waals surface area contributed by atoms with Gasteiger partial charge in [-0.3, -0.25) is 9.59 Å². The fourth-order valence-corrected chi connectivity index (χ4v) is 2.26. The minimum atomic E-state index is -4.46. The molecule has 1 aromatic carbocycles. The number of hydrogen-bond donors (Lipinski definition) is 2. The molecule has 24 heavy (non-hydrogen) atoms. The van der Waals surface area contributed by atoms with Crippen LogP contribution in [-0.2, 0) is 15.8 Å². The van der Waals surface area contributed by atoms with E-state index < -0.39 is 17.6 Å². The summed E-state index contributed by atoms with van der Waals surface area (Å²) in [5, 5.41) is 2.43. The molecule has 5 nitrogen and oxygen atoms in total. The number of anilines is 1. The van der Waals surface area contributed by atoms with Crippen molar-refractivity contribution >= 4 is 17.5 Å². The molecule has 1 aromatic rings. The molecule has 0 saturated carbocycles. The lowest BCUT2D eigenvalue weighted by Crippen LogP contribution is -3.11. The van der Waals surface area contributed by atoms with Gasteiger partial charge in [-0.2, -0.15) is 13.2 Å². The highest BCUT2D eigenvalue weighted by molar-refractivity contribution is 5.91. The molecule has 0 spiro atoms. The number of carbonyl (C=O) groups is 2. The Balaban J connectivity index is 2.59. The number of likely N-dealkylation sites (N-methyl/N-ethyl adjacent to an activating group) is 2. The van der Waals surface area contributed by atoms with E-state index in [4.69, 9.17) is 0 Å². The molecular formula is C16H23F3N3O2+. The number of benzene rings is 1. The number of nitrogens with one attached hydrogen (secondary N) is 2. The second-order valence-electron chi connectivity index (χ2n) is 5.50. The Bertz CT molecular complexity index is 572. The predicted molar refractivity (Wildman–Crippen MR) is 84.6 cm³/mol. The van der Waals surface area contributed by atoms with Crippen LogP contribution in [0, 0.1) is 0 Å². The third-order valence-corrected chi connectivity index (χ3v) is 3.51. The summed E-state index contributed by atoms with van der Waals surface area (Å²) in [6.07, 6.45) is -4.46. The summed E-state index contributed by atoms with van der Waals surface area (Å²) < 4.78 is 37.9. The Morgan fingerprint density at radius 3 is 2.33 bits per heavy atom. The summed E-state index contributed by atoms with van der Waals surface area (Å²) >= 11 is 0. The summed E-state index contributed by atoms with van der Waals surface area (Å²) in [6, 6.07) is 4.45. The number of amides is 2. The molecule has 0 aliphatic heterocycles. The summed E-state index contributed by atoms with van der Waals surface area (Å²) in [7, 11) is 1.69. The van der Waals surface area contributed by atoms with Crippen LogP contribution in [-0.4, -0.2) is 49.9 Å². The number of rotatable bonds is 7. The Morgan fingerprint density at radius 1 is 1.17 bits per heavy atom. The second-order valence-corrected chi connectivity index (χ2v) is 5.50. The highest BCUT2D eigenvalue weighted by atomic mass is 19.4. The molecule has 1 unspecified atom stereocenters. The Labute approximate surface area is 139 Å². The van der Waals surface area contributed by atoms with Crippen LogP contribution in [0.4, 0.5) is 18.9 Å². The zero-order chi connectivity index (χ0) is 18.3. The van der Waals surface area contributed by atoms with Gasteiger partial charge < -0.3 is 15.1 Å². The SMILES string of the molecule is CCN(CC)C(=O)C[NH+](C)CC(=O)Nc1cccc(C(F)(F)F)c1. The molecule has 0 aromatic heterocycles. The van der Waals surface area contributed by atoms with Gasteiger partial charge in [0.2, 0.25) is 0 Å². The van der Waals surface area contributed by atoms with Crippen LogP contribution in [0.2, 0.25) is 0 Å². The van der Waals surface area contributed by atoms with E-state index in [-0.39, 0.29) is 24.7 Å². The molecule has 0 fully saturated rings. The van der Waals surface area contributed by atoms with Gasteiger partial charge in [-0.05, 0) is 32.0 Å². The fourth-order valence-electron chi connectivity index (χ4n) is 2.26. The molecule has 0 saturated heterocycles. The second kappa shape index (κ2) is 8.68. The van der Waals surface area contributed by atoms with Crippen molar-refractivity contribution in [2.24, 2.45) is 0 Å². The standard InChI is InChI=1S/C16H22F3N3O2/c1-4-22(5-2)15(24)11-21(3)10-14(23)20-13-8-6-7-12(9-13)16(17,18)19/h6-9H,4-5,10-11H2,1-3H3,(H,20,23)/p+1. The zero-order valence-corrected chi connectivity index (χ0v) is 14.0. The average Bonchev–Trinajstić information content (AvgIpc) is 2.47. The van der Waals surface area contributed by atoms with Gasteiger partial charge in [0.25, 0.3) is 11.8 Å². The molecule has 2 amide bonds. The highest BCUT2D eigenvalue weighted by Gasteiger charge is 2.30. The van der Waals surface area contributed by atoms with Gasteiger partial charge in [0.1, 0.15) is 0 Å². The number of halogens is 3. The van der Waals surface area contributed by atoms with Crippen LogP contribution >= 0.6 is 0 Å². The highest BCUT2D eigenvalue weighted by Crippen LogP contribution is 2.30.